The van der Waals surface area contributed by atoms with E-state index in [0.717, 1.165) is 29.4 Å². The molecule has 0 aliphatic rings. The lowest BCUT2D eigenvalue weighted by Gasteiger charge is -2.20. The van der Waals surface area contributed by atoms with Gasteiger partial charge in [0.2, 0.25) is 0 Å². The zero-order valence-electron chi connectivity index (χ0n) is 10.9. The summed E-state index contributed by atoms with van der Waals surface area (Å²) in [7, 11) is 3.38. The molecule has 1 N–H and O–H groups in total. The van der Waals surface area contributed by atoms with Gasteiger partial charge in [-0.1, -0.05) is 6.92 Å². The fourth-order valence-corrected chi connectivity index (χ4v) is 2.41. The number of methoxy groups -OCH3 is 2. The van der Waals surface area contributed by atoms with Crippen LogP contribution in [0.25, 0.3) is 0 Å². The van der Waals surface area contributed by atoms with Crippen LogP contribution in [0.1, 0.15) is 18.5 Å². The van der Waals surface area contributed by atoms with Crippen LogP contribution >= 0.6 is 11.8 Å². The maximum atomic E-state index is 5.41. The average molecular weight is 255 g/mol. The summed E-state index contributed by atoms with van der Waals surface area (Å²) in [6.45, 7) is 3.05. The smallest absolute Gasteiger partial charge is 0.123 e. The van der Waals surface area contributed by atoms with Crippen LogP contribution in [-0.4, -0.2) is 32.8 Å². The van der Waals surface area contributed by atoms with Gasteiger partial charge in [0, 0.05) is 17.4 Å². The van der Waals surface area contributed by atoms with Gasteiger partial charge in [0.15, 0.2) is 0 Å². The Morgan fingerprint density at radius 1 is 1.29 bits per heavy atom. The largest absolute Gasteiger partial charge is 0.497 e. The van der Waals surface area contributed by atoms with E-state index in [0.29, 0.717) is 6.04 Å². The van der Waals surface area contributed by atoms with Gasteiger partial charge < -0.3 is 14.8 Å². The Hall–Kier alpha value is -0.870. The quantitative estimate of drug-likeness (QED) is 0.811. The third kappa shape index (κ3) is 3.82. The van der Waals surface area contributed by atoms with Crippen LogP contribution in [0.4, 0.5) is 0 Å². The molecule has 1 aromatic carbocycles. The Bertz CT molecular complexity index is 338. The number of hydrogen-bond donors (Lipinski definition) is 1. The van der Waals surface area contributed by atoms with E-state index in [1.54, 1.807) is 14.2 Å². The Morgan fingerprint density at radius 2 is 2.06 bits per heavy atom. The molecule has 3 nitrogen and oxygen atoms in total. The van der Waals surface area contributed by atoms with E-state index in [1.807, 2.05) is 30.0 Å². The van der Waals surface area contributed by atoms with Crippen molar-refractivity contribution in [2.45, 2.75) is 13.0 Å². The molecule has 4 heteroatoms. The summed E-state index contributed by atoms with van der Waals surface area (Å²) in [5.41, 5.74) is 1.16. The summed E-state index contributed by atoms with van der Waals surface area (Å²) in [5.74, 6) is 2.78. The van der Waals surface area contributed by atoms with Gasteiger partial charge >= 0.3 is 0 Å². The molecule has 0 aliphatic carbocycles. The number of hydrogen-bond acceptors (Lipinski definition) is 4. The standard InChI is InChI=1S/C13H21NO2S/c1-5-14-12(9-17-4)11-8-10(15-2)6-7-13(11)16-3/h6-8,12,14H,5,9H2,1-4H3. The second-order valence-corrected chi connectivity index (χ2v) is 4.58. The van der Waals surface area contributed by atoms with Crippen LogP contribution in [-0.2, 0) is 0 Å². The lowest BCUT2D eigenvalue weighted by Crippen LogP contribution is -2.23. The van der Waals surface area contributed by atoms with Gasteiger partial charge in [0.1, 0.15) is 11.5 Å². The van der Waals surface area contributed by atoms with Crippen molar-refractivity contribution in [3.05, 3.63) is 23.8 Å². The lowest BCUT2D eigenvalue weighted by atomic mass is 10.1. The van der Waals surface area contributed by atoms with E-state index in [-0.39, 0.29) is 0 Å². The van der Waals surface area contributed by atoms with Crippen LogP contribution in [0.2, 0.25) is 0 Å². The summed E-state index contributed by atoms with van der Waals surface area (Å²) in [6, 6.07) is 6.21. The van der Waals surface area contributed by atoms with Crippen LogP contribution in [0, 0.1) is 0 Å². The maximum absolute atomic E-state index is 5.41. The van der Waals surface area contributed by atoms with Gasteiger partial charge in [-0.3, -0.25) is 0 Å². The van der Waals surface area contributed by atoms with Crippen molar-refractivity contribution in [1.82, 2.24) is 5.32 Å². The van der Waals surface area contributed by atoms with Crippen molar-refractivity contribution in [3.63, 3.8) is 0 Å². The van der Waals surface area contributed by atoms with Gasteiger partial charge in [-0.25, -0.2) is 0 Å². The maximum Gasteiger partial charge on any atom is 0.123 e. The lowest BCUT2D eigenvalue weighted by molar-refractivity contribution is 0.393. The van der Waals surface area contributed by atoms with Crippen molar-refractivity contribution in [3.8, 4) is 11.5 Å². The summed E-state index contributed by atoms with van der Waals surface area (Å²) >= 11 is 1.82. The Balaban J connectivity index is 3.04. The van der Waals surface area contributed by atoms with E-state index in [9.17, 15) is 0 Å². The fraction of sp³-hybridized carbons (Fsp3) is 0.538. The third-order valence-corrected chi connectivity index (χ3v) is 3.26. The molecule has 0 amide bonds. The molecule has 96 valence electrons. The van der Waals surface area contributed by atoms with Crippen LogP contribution < -0.4 is 14.8 Å². The first-order valence-corrected chi connectivity index (χ1v) is 7.10. The van der Waals surface area contributed by atoms with E-state index in [1.165, 1.54) is 0 Å². The van der Waals surface area contributed by atoms with Gasteiger partial charge in [-0.05, 0) is 31.0 Å². The molecule has 0 radical (unpaired) electrons. The highest BCUT2D eigenvalue weighted by Crippen LogP contribution is 2.30. The topological polar surface area (TPSA) is 30.5 Å². The molecule has 0 aromatic heterocycles. The molecule has 1 atom stereocenters. The molecule has 0 heterocycles. The van der Waals surface area contributed by atoms with Gasteiger partial charge in [-0.15, -0.1) is 0 Å². The first-order valence-electron chi connectivity index (χ1n) is 5.71. The first kappa shape index (κ1) is 14.2. The van der Waals surface area contributed by atoms with E-state index >= 15 is 0 Å². The van der Waals surface area contributed by atoms with E-state index in [2.05, 4.69) is 18.5 Å². The molecule has 0 aliphatic heterocycles. The number of nitrogens with one attached hydrogen (secondary N) is 1. The summed E-state index contributed by atoms with van der Waals surface area (Å²) in [4.78, 5) is 0. The molecule has 1 unspecified atom stereocenters. The zero-order chi connectivity index (χ0) is 12.7. The zero-order valence-corrected chi connectivity index (χ0v) is 11.8. The SMILES string of the molecule is CCNC(CSC)c1cc(OC)ccc1OC. The fourth-order valence-electron chi connectivity index (χ4n) is 1.78. The van der Waals surface area contributed by atoms with E-state index in [4.69, 9.17) is 9.47 Å². The molecular formula is C13H21NO2S. The van der Waals surface area contributed by atoms with Crippen molar-refractivity contribution < 1.29 is 9.47 Å². The molecule has 1 rings (SSSR count). The Morgan fingerprint density at radius 3 is 2.59 bits per heavy atom. The van der Waals surface area contributed by atoms with Gasteiger partial charge in [0.05, 0.1) is 14.2 Å². The van der Waals surface area contributed by atoms with Gasteiger partial charge in [0.25, 0.3) is 0 Å². The molecule has 0 saturated carbocycles. The molecule has 0 saturated heterocycles. The van der Waals surface area contributed by atoms with Gasteiger partial charge in [-0.2, -0.15) is 11.8 Å². The summed E-state index contributed by atoms with van der Waals surface area (Å²) in [6.07, 6.45) is 2.11. The third-order valence-electron chi connectivity index (χ3n) is 2.60. The predicted molar refractivity (Wildman–Crippen MR) is 74.3 cm³/mol. The van der Waals surface area contributed by atoms with E-state index < -0.39 is 0 Å². The molecule has 0 fully saturated rings. The van der Waals surface area contributed by atoms with Crippen LogP contribution in [0.3, 0.4) is 0 Å². The number of benzene rings is 1. The second-order valence-electron chi connectivity index (χ2n) is 3.67. The first-order chi connectivity index (χ1) is 8.26. The molecule has 1 aromatic rings. The second kappa shape index (κ2) is 7.45. The summed E-state index contributed by atoms with van der Waals surface area (Å²) in [5, 5.41) is 3.47. The molecular weight excluding hydrogens is 234 g/mol. The van der Waals surface area contributed by atoms with Crippen molar-refractivity contribution >= 4 is 11.8 Å². The summed E-state index contributed by atoms with van der Waals surface area (Å²) < 4.78 is 10.7. The highest BCUT2D eigenvalue weighted by atomic mass is 32.2. The van der Waals surface area contributed by atoms with Crippen molar-refractivity contribution in [2.75, 3.05) is 32.8 Å². The average Bonchev–Trinajstić information content (AvgIpc) is 2.37. The van der Waals surface area contributed by atoms with Crippen LogP contribution in [0.15, 0.2) is 18.2 Å². The minimum absolute atomic E-state index is 0.292. The highest BCUT2D eigenvalue weighted by molar-refractivity contribution is 7.98. The van der Waals surface area contributed by atoms with Crippen molar-refractivity contribution in [2.24, 2.45) is 0 Å². The number of rotatable bonds is 7. The monoisotopic (exact) mass is 255 g/mol. The molecule has 0 spiro atoms. The number of thioether (sulfide) groups is 1. The minimum atomic E-state index is 0.292. The van der Waals surface area contributed by atoms with Crippen LogP contribution in [0.5, 0.6) is 11.5 Å². The minimum Gasteiger partial charge on any atom is -0.497 e. The van der Waals surface area contributed by atoms with Crippen molar-refractivity contribution in [1.29, 1.82) is 0 Å². The molecule has 17 heavy (non-hydrogen) atoms. The number of ether oxygens (including phenoxy) is 2. The Labute approximate surface area is 108 Å². The highest BCUT2D eigenvalue weighted by Gasteiger charge is 2.15. The molecule has 0 bridgehead atoms. The predicted octanol–water partition coefficient (Wildman–Crippen LogP) is 2.72. The Kier molecular flexibility index (Phi) is 6.22. The normalized spacial score (nSPS) is 12.2.